The molecule has 1 atom stereocenters. The van der Waals surface area contributed by atoms with Crippen LogP contribution in [-0.2, 0) is 16.0 Å². The zero-order valence-corrected chi connectivity index (χ0v) is 14.0. The second-order valence-corrected chi connectivity index (χ2v) is 6.87. The van der Waals surface area contributed by atoms with E-state index in [0.717, 1.165) is 12.0 Å². The van der Waals surface area contributed by atoms with Gasteiger partial charge in [0.05, 0.1) is 25.7 Å². The summed E-state index contributed by atoms with van der Waals surface area (Å²) in [5.41, 5.74) is 0.228. The molecule has 0 saturated carbocycles. The van der Waals surface area contributed by atoms with Gasteiger partial charge in [-0.1, -0.05) is 0 Å². The molecule has 2 rings (SSSR count). The van der Waals surface area contributed by atoms with Crippen molar-refractivity contribution in [2.24, 2.45) is 5.41 Å². The lowest BCUT2D eigenvalue weighted by Crippen LogP contribution is -2.32. The Morgan fingerprint density at radius 3 is 2.55 bits per heavy atom. The van der Waals surface area contributed by atoms with Gasteiger partial charge in [-0.15, -0.1) is 0 Å². The van der Waals surface area contributed by atoms with Crippen LogP contribution in [0.3, 0.4) is 0 Å². The molecule has 0 fully saturated rings. The molecule has 122 valence electrons. The molecular formula is C17H24O5. The molecule has 0 amide bonds. The first-order valence-corrected chi connectivity index (χ1v) is 7.28. The minimum atomic E-state index is -1.05. The van der Waals surface area contributed by atoms with Crippen LogP contribution in [0.15, 0.2) is 12.1 Å². The number of ether oxygens (including phenoxy) is 3. The van der Waals surface area contributed by atoms with E-state index in [9.17, 15) is 9.90 Å². The predicted octanol–water partition coefficient (Wildman–Crippen LogP) is 2.64. The van der Waals surface area contributed by atoms with Gasteiger partial charge in [-0.2, -0.15) is 0 Å². The molecule has 5 heteroatoms. The summed E-state index contributed by atoms with van der Waals surface area (Å²) in [5.74, 6) is 0.813. The molecule has 0 aliphatic carbocycles. The van der Waals surface area contributed by atoms with E-state index in [1.807, 2.05) is 19.9 Å². The fraction of sp³-hybridized carbons (Fsp3) is 0.588. The number of hydrogen-bond acceptors (Lipinski definition) is 5. The first kappa shape index (κ1) is 16.6. The number of aliphatic hydroxyl groups is 1. The predicted molar refractivity (Wildman–Crippen MR) is 82.2 cm³/mol. The van der Waals surface area contributed by atoms with E-state index < -0.39 is 17.5 Å². The summed E-state index contributed by atoms with van der Waals surface area (Å²) in [7, 11) is 2.88. The van der Waals surface area contributed by atoms with Crippen molar-refractivity contribution in [1.29, 1.82) is 0 Å². The Kier molecular flexibility index (Phi) is 4.13. The van der Waals surface area contributed by atoms with Crippen LogP contribution in [0.4, 0.5) is 0 Å². The number of carbonyl (C=O) groups is 1. The molecule has 1 aliphatic heterocycles. The van der Waals surface area contributed by atoms with E-state index >= 15 is 0 Å². The van der Waals surface area contributed by atoms with Crippen molar-refractivity contribution in [3.05, 3.63) is 23.3 Å². The van der Waals surface area contributed by atoms with E-state index in [2.05, 4.69) is 0 Å². The van der Waals surface area contributed by atoms with E-state index in [1.165, 1.54) is 7.11 Å². The Balaban J connectivity index is 2.44. The monoisotopic (exact) mass is 308 g/mol. The molecule has 22 heavy (non-hydrogen) atoms. The third-order valence-corrected chi connectivity index (χ3v) is 4.08. The van der Waals surface area contributed by atoms with Crippen LogP contribution in [-0.4, -0.2) is 30.9 Å². The molecule has 1 N–H and O–H groups in total. The number of benzene rings is 1. The van der Waals surface area contributed by atoms with E-state index in [4.69, 9.17) is 14.2 Å². The average molecular weight is 308 g/mol. The van der Waals surface area contributed by atoms with Crippen LogP contribution in [0, 0.1) is 5.41 Å². The zero-order valence-electron chi connectivity index (χ0n) is 14.0. The van der Waals surface area contributed by atoms with Gasteiger partial charge in [-0.25, -0.2) is 0 Å². The normalized spacial score (nSPS) is 17.4. The fourth-order valence-corrected chi connectivity index (χ4v) is 2.80. The number of hydrogen-bond donors (Lipinski definition) is 1. The third kappa shape index (κ3) is 2.77. The average Bonchev–Trinajstić information content (AvgIpc) is 2.77. The van der Waals surface area contributed by atoms with Gasteiger partial charge in [0.25, 0.3) is 0 Å². The molecule has 5 nitrogen and oxygen atoms in total. The number of fused-ring (bicyclic) bond motifs is 1. The summed E-state index contributed by atoms with van der Waals surface area (Å²) < 4.78 is 16.1. The van der Waals surface area contributed by atoms with Crippen LogP contribution >= 0.6 is 0 Å². The van der Waals surface area contributed by atoms with Gasteiger partial charge < -0.3 is 19.3 Å². The SMILES string of the molecule is COC(=O)C(C)(C)C(O)c1cc2c(c(OC)c1)OC(C)(C)C2. The van der Waals surface area contributed by atoms with Gasteiger partial charge in [0, 0.05) is 12.0 Å². The van der Waals surface area contributed by atoms with Crippen molar-refractivity contribution in [3.8, 4) is 11.5 Å². The highest BCUT2D eigenvalue weighted by Gasteiger charge is 2.40. The summed E-state index contributed by atoms with van der Waals surface area (Å²) >= 11 is 0. The second kappa shape index (κ2) is 5.47. The van der Waals surface area contributed by atoms with Crippen LogP contribution in [0.2, 0.25) is 0 Å². The van der Waals surface area contributed by atoms with Crippen molar-refractivity contribution >= 4 is 5.97 Å². The number of aliphatic hydroxyl groups excluding tert-OH is 1. The van der Waals surface area contributed by atoms with Gasteiger partial charge in [0.1, 0.15) is 5.60 Å². The Morgan fingerprint density at radius 2 is 2.00 bits per heavy atom. The summed E-state index contributed by atoms with van der Waals surface area (Å²) in [6.45, 7) is 7.31. The van der Waals surface area contributed by atoms with Gasteiger partial charge in [0.2, 0.25) is 0 Å². The Hall–Kier alpha value is -1.75. The molecule has 1 aliphatic rings. The lowest BCUT2D eigenvalue weighted by Gasteiger charge is -2.28. The van der Waals surface area contributed by atoms with E-state index in [0.29, 0.717) is 17.1 Å². The molecule has 0 saturated heterocycles. The van der Waals surface area contributed by atoms with Crippen LogP contribution < -0.4 is 9.47 Å². The maximum absolute atomic E-state index is 11.9. The third-order valence-electron chi connectivity index (χ3n) is 4.08. The highest BCUT2D eigenvalue weighted by atomic mass is 16.5. The molecule has 0 bridgehead atoms. The number of methoxy groups -OCH3 is 2. The van der Waals surface area contributed by atoms with Crippen molar-refractivity contribution in [1.82, 2.24) is 0 Å². The minimum Gasteiger partial charge on any atom is -0.493 e. The molecule has 1 unspecified atom stereocenters. The quantitative estimate of drug-likeness (QED) is 0.866. The summed E-state index contributed by atoms with van der Waals surface area (Å²) in [5, 5.41) is 10.6. The molecule has 1 aromatic rings. The molecule has 1 aromatic carbocycles. The summed E-state index contributed by atoms with van der Waals surface area (Å²) in [6.07, 6.45) is -0.277. The number of rotatable bonds is 4. The summed E-state index contributed by atoms with van der Waals surface area (Å²) in [4.78, 5) is 11.9. The Labute approximate surface area is 131 Å². The molecule has 0 spiro atoms. The zero-order chi connectivity index (χ0) is 16.7. The van der Waals surface area contributed by atoms with Gasteiger partial charge >= 0.3 is 5.97 Å². The minimum absolute atomic E-state index is 0.308. The topological polar surface area (TPSA) is 65.0 Å². The van der Waals surface area contributed by atoms with Crippen molar-refractivity contribution in [2.45, 2.75) is 45.8 Å². The lowest BCUT2D eigenvalue weighted by atomic mass is 9.82. The van der Waals surface area contributed by atoms with Crippen LogP contribution in [0.5, 0.6) is 11.5 Å². The number of esters is 1. The summed E-state index contributed by atoms with van der Waals surface area (Å²) in [6, 6.07) is 3.59. The maximum Gasteiger partial charge on any atom is 0.314 e. The van der Waals surface area contributed by atoms with Crippen LogP contribution in [0.25, 0.3) is 0 Å². The highest BCUT2D eigenvalue weighted by Crippen LogP contribution is 2.45. The van der Waals surface area contributed by atoms with Crippen LogP contribution in [0.1, 0.15) is 44.9 Å². The molecular weight excluding hydrogens is 284 g/mol. The second-order valence-electron chi connectivity index (χ2n) is 6.87. The standard InChI is InChI=1S/C17H24O5/c1-16(2)9-11-7-10(8-12(20-5)13(11)22-16)14(18)17(3,4)15(19)21-6/h7-8,14,18H,9H2,1-6H3. The molecule has 0 radical (unpaired) electrons. The largest absolute Gasteiger partial charge is 0.493 e. The van der Waals surface area contributed by atoms with Gasteiger partial charge in [-0.3, -0.25) is 4.79 Å². The van der Waals surface area contributed by atoms with Gasteiger partial charge in [0.15, 0.2) is 11.5 Å². The highest BCUT2D eigenvalue weighted by molar-refractivity contribution is 5.77. The first-order chi connectivity index (χ1) is 10.1. The lowest BCUT2D eigenvalue weighted by molar-refractivity contribution is -0.157. The Morgan fingerprint density at radius 1 is 1.36 bits per heavy atom. The Bertz CT molecular complexity index is 589. The first-order valence-electron chi connectivity index (χ1n) is 7.28. The van der Waals surface area contributed by atoms with Crippen molar-refractivity contribution in [2.75, 3.05) is 14.2 Å². The molecule has 0 aromatic heterocycles. The fourth-order valence-electron chi connectivity index (χ4n) is 2.80. The number of carbonyl (C=O) groups excluding carboxylic acids is 1. The van der Waals surface area contributed by atoms with E-state index in [1.54, 1.807) is 27.0 Å². The maximum atomic E-state index is 11.9. The molecule has 1 heterocycles. The van der Waals surface area contributed by atoms with E-state index in [-0.39, 0.29) is 5.60 Å². The smallest absolute Gasteiger partial charge is 0.314 e. The van der Waals surface area contributed by atoms with Gasteiger partial charge in [-0.05, 0) is 45.4 Å². The van der Waals surface area contributed by atoms with Crippen molar-refractivity contribution < 1.29 is 24.1 Å². The van der Waals surface area contributed by atoms with Crippen molar-refractivity contribution in [3.63, 3.8) is 0 Å².